The quantitative estimate of drug-likeness (QED) is 0.782. The molecule has 1 aliphatic carbocycles. The van der Waals surface area contributed by atoms with Crippen molar-refractivity contribution in [1.29, 1.82) is 0 Å². The van der Waals surface area contributed by atoms with E-state index in [4.69, 9.17) is 0 Å². The molecule has 1 aromatic carbocycles. The third-order valence-corrected chi connectivity index (χ3v) is 5.09. The molecule has 2 fully saturated rings. The number of ether oxygens (including phenoxy) is 1. The zero-order chi connectivity index (χ0) is 16.1. The Bertz CT molecular complexity index is 460. The van der Waals surface area contributed by atoms with Crippen LogP contribution in [-0.4, -0.2) is 37.7 Å². The van der Waals surface area contributed by atoms with Gasteiger partial charge in [0, 0.05) is 32.2 Å². The van der Waals surface area contributed by atoms with Crippen LogP contribution in [0.5, 0.6) is 5.75 Å². The maximum absolute atomic E-state index is 12.3. The summed E-state index contributed by atoms with van der Waals surface area (Å²) < 4.78 is 29.1. The van der Waals surface area contributed by atoms with Crippen LogP contribution < -0.4 is 10.1 Å². The SMILES string of the molecule is Cl.Cl.FC(F)Oc1ccc([C@@H](C2CCCCC2)N2CCNCC2)cc1. The highest BCUT2D eigenvalue weighted by Crippen LogP contribution is 2.39. The molecule has 0 aromatic heterocycles. The molecule has 0 bridgehead atoms. The lowest BCUT2D eigenvalue weighted by molar-refractivity contribution is -0.0498. The topological polar surface area (TPSA) is 24.5 Å². The number of piperazine rings is 1. The van der Waals surface area contributed by atoms with Crippen molar-refractivity contribution < 1.29 is 13.5 Å². The molecule has 144 valence electrons. The summed E-state index contributed by atoms with van der Waals surface area (Å²) in [5, 5.41) is 3.41. The number of alkyl halides is 2. The van der Waals surface area contributed by atoms with Crippen molar-refractivity contribution in [2.24, 2.45) is 5.92 Å². The molecule has 0 unspecified atom stereocenters. The van der Waals surface area contributed by atoms with Gasteiger partial charge < -0.3 is 10.1 Å². The highest BCUT2D eigenvalue weighted by Gasteiger charge is 2.30. The Morgan fingerprint density at radius 1 is 0.960 bits per heavy atom. The lowest BCUT2D eigenvalue weighted by atomic mass is 9.80. The molecular formula is C18H28Cl2F2N2O. The monoisotopic (exact) mass is 396 g/mol. The van der Waals surface area contributed by atoms with Gasteiger partial charge in [-0.15, -0.1) is 24.8 Å². The number of halogens is 4. The van der Waals surface area contributed by atoms with Gasteiger partial charge in [0.1, 0.15) is 5.75 Å². The predicted octanol–water partition coefficient (Wildman–Crippen LogP) is 4.66. The van der Waals surface area contributed by atoms with Crippen LogP contribution in [0.15, 0.2) is 24.3 Å². The summed E-state index contributed by atoms with van der Waals surface area (Å²) in [7, 11) is 0. The standard InChI is InChI=1S/C18H26F2N2O.2ClH/c19-18(20)23-16-8-6-15(7-9-16)17(14-4-2-1-3-5-14)22-12-10-21-11-13-22;;/h6-9,14,17-18,21H,1-5,10-13H2;2*1H/t17-;;/m1../s1. The molecule has 1 atom stereocenters. The molecule has 3 rings (SSSR count). The fourth-order valence-corrected chi connectivity index (χ4v) is 4.04. The van der Waals surface area contributed by atoms with E-state index in [1.807, 2.05) is 12.1 Å². The van der Waals surface area contributed by atoms with Crippen LogP contribution in [0, 0.1) is 5.92 Å². The summed E-state index contributed by atoms with van der Waals surface area (Å²) in [5.41, 5.74) is 1.24. The molecule has 0 amide bonds. The summed E-state index contributed by atoms with van der Waals surface area (Å²) in [6.07, 6.45) is 6.49. The predicted molar refractivity (Wildman–Crippen MR) is 101 cm³/mol. The van der Waals surface area contributed by atoms with Crippen molar-refractivity contribution in [2.75, 3.05) is 26.2 Å². The van der Waals surface area contributed by atoms with Gasteiger partial charge in [-0.05, 0) is 36.5 Å². The largest absolute Gasteiger partial charge is 0.435 e. The number of nitrogens with one attached hydrogen (secondary N) is 1. The van der Waals surface area contributed by atoms with Crippen molar-refractivity contribution in [3.63, 3.8) is 0 Å². The van der Waals surface area contributed by atoms with Gasteiger partial charge in [0.2, 0.25) is 0 Å². The molecular weight excluding hydrogens is 369 g/mol. The molecule has 7 heteroatoms. The van der Waals surface area contributed by atoms with E-state index in [0.29, 0.717) is 12.0 Å². The van der Waals surface area contributed by atoms with E-state index in [9.17, 15) is 8.78 Å². The number of nitrogens with zero attached hydrogens (tertiary/aromatic N) is 1. The zero-order valence-corrected chi connectivity index (χ0v) is 16.0. The van der Waals surface area contributed by atoms with Crippen molar-refractivity contribution >= 4 is 24.8 Å². The first kappa shape index (κ1) is 22.4. The van der Waals surface area contributed by atoms with Crippen LogP contribution in [0.3, 0.4) is 0 Å². The summed E-state index contributed by atoms with van der Waals surface area (Å²) in [6.45, 7) is 1.39. The third kappa shape index (κ3) is 6.24. The number of rotatable bonds is 5. The van der Waals surface area contributed by atoms with Crippen molar-refractivity contribution in [2.45, 2.75) is 44.8 Å². The van der Waals surface area contributed by atoms with Gasteiger partial charge in [-0.1, -0.05) is 31.4 Å². The van der Waals surface area contributed by atoms with Gasteiger partial charge in [0.25, 0.3) is 0 Å². The lowest BCUT2D eigenvalue weighted by Crippen LogP contribution is -2.47. The van der Waals surface area contributed by atoms with E-state index in [-0.39, 0.29) is 30.6 Å². The highest BCUT2D eigenvalue weighted by atomic mass is 35.5. The zero-order valence-electron chi connectivity index (χ0n) is 14.3. The van der Waals surface area contributed by atoms with E-state index in [1.54, 1.807) is 12.1 Å². The number of hydrogen-bond donors (Lipinski definition) is 1. The van der Waals surface area contributed by atoms with Crippen molar-refractivity contribution in [1.82, 2.24) is 10.2 Å². The second-order valence-electron chi connectivity index (χ2n) is 6.58. The molecule has 3 nitrogen and oxygen atoms in total. The average Bonchev–Trinajstić information content (AvgIpc) is 2.58. The van der Waals surface area contributed by atoms with E-state index < -0.39 is 6.61 Å². The molecule has 1 saturated carbocycles. The fraction of sp³-hybridized carbons (Fsp3) is 0.667. The Morgan fingerprint density at radius 3 is 2.12 bits per heavy atom. The smallest absolute Gasteiger partial charge is 0.387 e. The molecule has 1 aliphatic heterocycles. The molecule has 1 saturated heterocycles. The van der Waals surface area contributed by atoms with Crippen LogP contribution >= 0.6 is 24.8 Å². The van der Waals surface area contributed by atoms with Crippen LogP contribution in [0.25, 0.3) is 0 Å². The van der Waals surface area contributed by atoms with Crippen molar-refractivity contribution in [3.05, 3.63) is 29.8 Å². The van der Waals surface area contributed by atoms with Crippen LogP contribution in [0.4, 0.5) is 8.78 Å². The second-order valence-corrected chi connectivity index (χ2v) is 6.58. The Kier molecular flexibility index (Phi) is 10.0. The summed E-state index contributed by atoms with van der Waals surface area (Å²) in [6, 6.07) is 7.70. The normalized spacial score (nSPS) is 20.4. The van der Waals surface area contributed by atoms with Gasteiger partial charge in [0.05, 0.1) is 0 Å². The summed E-state index contributed by atoms with van der Waals surface area (Å²) in [4.78, 5) is 2.56. The van der Waals surface area contributed by atoms with Gasteiger partial charge in [-0.25, -0.2) is 0 Å². The first-order valence-corrected chi connectivity index (χ1v) is 8.73. The minimum Gasteiger partial charge on any atom is -0.435 e. The van der Waals surface area contributed by atoms with Crippen LogP contribution in [-0.2, 0) is 0 Å². The van der Waals surface area contributed by atoms with Gasteiger partial charge in [-0.3, -0.25) is 4.90 Å². The first-order chi connectivity index (χ1) is 11.2. The van der Waals surface area contributed by atoms with Crippen LogP contribution in [0.2, 0.25) is 0 Å². The third-order valence-electron chi connectivity index (χ3n) is 5.09. The average molecular weight is 397 g/mol. The highest BCUT2D eigenvalue weighted by molar-refractivity contribution is 5.85. The second kappa shape index (κ2) is 11.2. The first-order valence-electron chi connectivity index (χ1n) is 8.73. The minimum absolute atomic E-state index is 0. The molecule has 0 radical (unpaired) electrons. The van der Waals surface area contributed by atoms with Crippen molar-refractivity contribution in [3.8, 4) is 5.75 Å². The van der Waals surface area contributed by atoms with Gasteiger partial charge >= 0.3 is 6.61 Å². The molecule has 25 heavy (non-hydrogen) atoms. The van der Waals surface area contributed by atoms with Gasteiger partial charge in [0.15, 0.2) is 0 Å². The summed E-state index contributed by atoms with van der Waals surface area (Å²) >= 11 is 0. The number of benzene rings is 1. The molecule has 1 aromatic rings. The molecule has 1 heterocycles. The maximum atomic E-state index is 12.3. The lowest BCUT2D eigenvalue weighted by Gasteiger charge is -2.41. The van der Waals surface area contributed by atoms with E-state index >= 15 is 0 Å². The van der Waals surface area contributed by atoms with Crippen LogP contribution in [0.1, 0.15) is 43.7 Å². The number of hydrogen-bond acceptors (Lipinski definition) is 3. The minimum atomic E-state index is -2.76. The van der Waals surface area contributed by atoms with E-state index in [0.717, 1.165) is 26.2 Å². The Balaban J connectivity index is 0.00000156. The maximum Gasteiger partial charge on any atom is 0.387 e. The van der Waals surface area contributed by atoms with E-state index in [2.05, 4.69) is 15.0 Å². The summed E-state index contributed by atoms with van der Waals surface area (Å²) in [5.74, 6) is 0.912. The Labute approximate surface area is 161 Å². The molecule has 1 N–H and O–H groups in total. The molecule has 0 spiro atoms. The fourth-order valence-electron chi connectivity index (χ4n) is 4.04. The van der Waals surface area contributed by atoms with Gasteiger partial charge in [-0.2, -0.15) is 8.78 Å². The Hall–Kier alpha value is -0.620. The van der Waals surface area contributed by atoms with E-state index in [1.165, 1.54) is 37.7 Å². The molecule has 2 aliphatic rings. The Morgan fingerprint density at radius 2 is 1.56 bits per heavy atom.